The smallest absolute Gasteiger partial charge is 0.245 e. The normalized spacial score (nSPS) is 10.3. The van der Waals surface area contributed by atoms with Crippen molar-refractivity contribution >= 4 is 5.95 Å². The van der Waals surface area contributed by atoms with Crippen molar-refractivity contribution in [3.05, 3.63) is 23.8 Å². The fourth-order valence-corrected chi connectivity index (χ4v) is 1.36. The summed E-state index contributed by atoms with van der Waals surface area (Å²) in [6.45, 7) is 1.94. The number of hydrogen-bond acceptors (Lipinski definition) is 5. The molecule has 15 heavy (non-hydrogen) atoms. The second-order valence-electron chi connectivity index (χ2n) is 3.10. The summed E-state index contributed by atoms with van der Waals surface area (Å²) < 4.78 is 6.59. The van der Waals surface area contributed by atoms with E-state index in [-0.39, 0.29) is 5.95 Å². The van der Waals surface area contributed by atoms with Crippen molar-refractivity contribution in [3.8, 4) is 11.4 Å². The molecule has 0 amide bonds. The van der Waals surface area contributed by atoms with E-state index in [1.807, 2.05) is 25.1 Å². The number of rotatable bonds is 2. The zero-order valence-electron chi connectivity index (χ0n) is 8.51. The Morgan fingerprint density at radius 3 is 2.73 bits per heavy atom. The monoisotopic (exact) mass is 205 g/mol. The van der Waals surface area contributed by atoms with E-state index in [9.17, 15) is 0 Å². The van der Waals surface area contributed by atoms with Crippen molar-refractivity contribution in [3.63, 3.8) is 0 Å². The third-order valence-corrected chi connectivity index (χ3v) is 2.13. The van der Waals surface area contributed by atoms with E-state index in [1.165, 1.54) is 4.68 Å². The Kier molecular flexibility index (Phi) is 2.24. The number of aryl methyl sites for hydroxylation is 1. The second-order valence-corrected chi connectivity index (χ2v) is 3.10. The van der Waals surface area contributed by atoms with Gasteiger partial charge in [-0.15, -0.1) is 0 Å². The molecule has 1 aromatic carbocycles. The van der Waals surface area contributed by atoms with E-state index < -0.39 is 0 Å². The van der Waals surface area contributed by atoms with Gasteiger partial charge >= 0.3 is 0 Å². The Bertz CT molecular complexity index is 479. The third kappa shape index (κ3) is 1.61. The van der Waals surface area contributed by atoms with Crippen molar-refractivity contribution in [2.45, 2.75) is 6.92 Å². The standard InChI is InChI=1S/C9H11N5O/c1-6-5-7(15-2)3-4-8(6)14-9(10)11-12-13-14/h3-5H,1-2H3,(H2,10,11,13). The van der Waals surface area contributed by atoms with Gasteiger partial charge in [0.25, 0.3) is 0 Å². The zero-order valence-corrected chi connectivity index (χ0v) is 8.51. The van der Waals surface area contributed by atoms with Crippen LogP contribution in [0.4, 0.5) is 5.95 Å². The van der Waals surface area contributed by atoms with E-state index in [1.54, 1.807) is 7.11 Å². The number of aromatic nitrogens is 4. The lowest BCUT2D eigenvalue weighted by Crippen LogP contribution is -2.04. The number of nitrogens with zero attached hydrogens (tertiary/aromatic N) is 4. The molecule has 6 heteroatoms. The SMILES string of the molecule is COc1ccc(-n2nnnc2N)c(C)c1. The third-order valence-electron chi connectivity index (χ3n) is 2.13. The first kappa shape index (κ1) is 9.45. The fourth-order valence-electron chi connectivity index (χ4n) is 1.36. The number of ether oxygens (including phenoxy) is 1. The molecule has 0 atom stereocenters. The highest BCUT2D eigenvalue weighted by Crippen LogP contribution is 2.20. The lowest BCUT2D eigenvalue weighted by molar-refractivity contribution is 0.414. The van der Waals surface area contributed by atoms with Gasteiger partial charge in [0, 0.05) is 0 Å². The summed E-state index contributed by atoms with van der Waals surface area (Å²) in [5.74, 6) is 1.06. The summed E-state index contributed by atoms with van der Waals surface area (Å²) in [6, 6.07) is 5.60. The maximum Gasteiger partial charge on any atom is 0.245 e. The maximum atomic E-state index is 5.61. The van der Waals surface area contributed by atoms with Crippen LogP contribution in [0.5, 0.6) is 5.75 Å². The number of tetrazole rings is 1. The van der Waals surface area contributed by atoms with Gasteiger partial charge in [-0.05, 0) is 41.1 Å². The van der Waals surface area contributed by atoms with E-state index in [4.69, 9.17) is 10.5 Å². The minimum absolute atomic E-state index is 0.267. The van der Waals surface area contributed by atoms with E-state index in [0.29, 0.717) is 0 Å². The van der Waals surface area contributed by atoms with E-state index >= 15 is 0 Å². The Morgan fingerprint density at radius 2 is 2.20 bits per heavy atom. The Hall–Kier alpha value is -2.11. The largest absolute Gasteiger partial charge is 0.497 e. The molecule has 1 heterocycles. The average Bonchev–Trinajstić information content (AvgIpc) is 2.64. The average molecular weight is 205 g/mol. The van der Waals surface area contributed by atoms with Crippen LogP contribution in [0, 0.1) is 6.92 Å². The van der Waals surface area contributed by atoms with Crippen LogP contribution in [-0.2, 0) is 0 Å². The molecule has 0 radical (unpaired) electrons. The van der Waals surface area contributed by atoms with Crippen molar-refractivity contribution in [1.29, 1.82) is 0 Å². The van der Waals surface area contributed by atoms with Gasteiger partial charge in [0.15, 0.2) is 0 Å². The van der Waals surface area contributed by atoms with Gasteiger partial charge < -0.3 is 10.5 Å². The van der Waals surface area contributed by atoms with Crippen molar-refractivity contribution in [2.75, 3.05) is 12.8 Å². The van der Waals surface area contributed by atoms with Crippen LogP contribution >= 0.6 is 0 Å². The van der Waals surface area contributed by atoms with Gasteiger partial charge in [0.05, 0.1) is 12.8 Å². The molecule has 0 bridgehead atoms. The molecule has 0 aliphatic heterocycles. The first-order valence-electron chi connectivity index (χ1n) is 4.41. The Labute approximate surface area is 86.7 Å². The van der Waals surface area contributed by atoms with Crippen LogP contribution in [0.2, 0.25) is 0 Å². The predicted molar refractivity (Wildman–Crippen MR) is 54.9 cm³/mol. The molecule has 0 saturated carbocycles. The first-order chi connectivity index (χ1) is 7.22. The topological polar surface area (TPSA) is 78.8 Å². The van der Waals surface area contributed by atoms with Gasteiger partial charge in [-0.2, -0.15) is 4.68 Å². The van der Waals surface area contributed by atoms with Crippen LogP contribution in [0.25, 0.3) is 5.69 Å². The molecular weight excluding hydrogens is 194 g/mol. The molecule has 0 aliphatic rings. The van der Waals surface area contributed by atoms with Crippen molar-refractivity contribution in [2.24, 2.45) is 0 Å². The maximum absolute atomic E-state index is 5.61. The highest BCUT2D eigenvalue weighted by molar-refractivity contribution is 5.46. The van der Waals surface area contributed by atoms with Crippen LogP contribution < -0.4 is 10.5 Å². The summed E-state index contributed by atoms with van der Waals surface area (Å²) in [7, 11) is 1.62. The Morgan fingerprint density at radius 1 is 1.40 bits per heavy atom. The fraction of sp³-hybridized carbons (Fsp3) is 0.222. The number of anilines is 1. The van der Waals surface area contributed by atoms with Crippen LogP contribution in [-0.4, -0.2) is 27.3 Å². The van der Waals surface area contributed by atoms with Gasteiger partial charge in [-0.3, -0.25) is 0 Å². The lowest BCUT2D eigenvalue weighted by atomic mass is 10.2. The molecule has 0 spiro atoms. The van der Waals surface area contributed by atoms with E-state index in [0.717, 1.165) is 17.0 Å². The molecule has 0 saturated heterocycles. The van der Waals surface area contributed by atoms with Gasteiger partial charge in [0.2, 0.25) is 5.95 Å². The molecular formula is C9H11N5O. The number of benzene rings is 1. The minimum atomic E-state index is 0.267. The molecule has 1 aromatic heterocycles. The van der Waals surface area contributed by atoms with E-state index in [2.05, 4.69) is 15.5 Å². The molecule has 2 rings (SSSR count). The second kappa shape index (κ2) is 3.56. The first-order valence-corrected chi connectivity index (χ1v) is 4.41. The summed E-state index contributed by atoms with van der Waals surface area (Å²) in [6.07, 6.45) is 0. The number of nitrogen functional groups attached to an aromatic ring is 1. The number of hydrogen-bond donors (Lipinski definition) is 1. The molecule has 2 N–H and O–H groups in total. The highest BCUT2D eigenvalue weighted by atomic mass is 16.5. The summed E-state index contributed by atoms with van der Waals surface area (Å²) >= 11 is 0. The van der Waals surface area contributed by atoms with Crippen LogP contribution in [0.15, 0.2) is 18.2 Å². The summed E-state index contributed by atoms with van der Waals surface area (Å²) in [5.41, 5.74) is 7.45. The van der Waals surface area contributed by atoms with Gasteiger partial charge in [0.1, 0.15) is 5.75 Å². The van der Waals surface area contributed by atoms with Crippen LogP contribution in [0.3, 0.4) is 0 Å². The predicted octanol–water partition coefficient (Wildman–Crippen LogP) is 0.562. The Balaban J connectivity index is 2.50. The van der Waals surface area contributed by atoms with Crippen LogP contribution in [0.1, 0.15) is 5.56 Å². The minimum Gasteiger partial charge on any atom is -0.497 e. The molecule has 6 nitrogen and oxygen atoms in total. The summed E-state index contributed by atoms with van der Waals surface area (Å²) in [5, 5.41) is 10.9. The number of methoxy groups -OCH3 is 1. The zero-order chi connectivity index (χ0) is 10.8. The molecule has 2 aromatic rings. The quantitative estimate of drug-likeness (QED) is 0.775. The highest BCUT2D eigenvalue weighted by Gasteiger charge is 2.07. The van der Waals surface area contributed by atoms with Gasteiger partial charge in [-0.25, -0.2) is 0 Å². The molecule has 0 aliphatic carbocycles. The summed E-state index contributed by atoms with van der Waals surface area (Å²) in [4.78, 5) is 0. The number of nitrogens with two attached hydrogens (primary N) is 1. The van der Waals surface area contributed by atoms with Crippen molar-refractivity contribution in [1.82, 2.24) is 20.2 Å². The molecule has 78 valence electrons. The lowest BCUT2D eigenvalue weighted by Gasteiger charge is -2.07. The molecule has 0 fully saturated rings. The molecule has 0 unspecified atom stereocenters. The van der Waals surface area contributed by atoms with Gasteiger partial charge in [-0.1, -0.05) is 5.10 Å². The van der Waals surface area contributed by atoms with Crippen molar-refractivity contribution < 1.29 is 4.74 Å².